The highest BCUT2D eigenvalue weighted by Gasteiger charge is 2.29. The van der Waals surface area contributed by atoms with Crippen LogP contribution in [0.3, 0.4) is 0 Å². The first-order chi connectivity index (χ1) is 14.7. The molecular weight excluding hydrogens is 378 g/mol. The molecular formula is C23H23N5O2. The van der Waals surface area contributed by atoms with Gasteiger partial charge in [0.25, 0.3) is 5.91 Å². The topological polar surface area (TPSA) is 85.8 Å². The van der Waals surface area contributed by atoms with Crippen molar-refractivity contribution in [1.29, 1.82) is 0 Å². The maximum Gasteiger partial charge on any atom is 0.258 e. The summed E-state index contributed by atoms with van der Waals surface area (Å²) in [6.07, 6.45) is 6.67. The Morgan fingerprint density at radius 3 is 2.90 bits per heavy atom. The van der Waals surface area contributed by atoms with Gasteiger partial charge in [0.1, 0.15) is 16.9 Å². The normalized spacial score (nSPS) is 16.6. The molecule has 2 aliphatic rings. The fourth-order valence-corrected chi connectivity index (χ4v) is 4.32. The van der Waals surface area contributed by atoms with Crippen molar-refractivity contribution in [3.05, 3.63) is 47.2 Å². The zero-order valence-electron chi connectivity index (χ0n) is 16.9. The summed E-state index contributed by atoms with van der Waals surface area (Å²) in [5, 5.41) is 3.02. The SMILES string of the molecule is Cc1cc(C(=O)Nc2ccc3oc(C4CC4)nc3c2)c2nc3n(c2n1)CCCCC3. The third kappa shape index (κ3) is 2.96. The fraction of sp³-hybridized carbons (Fsp3) is 0.391. The van der Waals surface area contributed by atoms with Crippen LogP contribution < -0.4 is 5.32 Å². The van der Waals surface area contributed by atoms with Gasteiger partial charge in [0.05, 0.1) is 5.56 Å². The largest absolute Gasteiger partial charge is 0.440 e. The van der Waals surface area contributed by atoms with E-state index < -0.39 is 0 Å². The summed E-state index contributed by atoms with van der Waals surface area (Å²) in [4.78, 5) is 27.3. The number of fused-ring (bicyclic) bond motifs is 4. The molecule has 3 aromatic heterocycles. The number of oxazole rings is 1. The van der Waals surface area contributed by atoms with E-state index in [1.165, 1.54) is 6.42 Å². The molecule has 1 aromatic carbocycles. The van der Waals surface area contributed by atoms with Crippen LogP contribution in [0.1, 0.15) is 65.8 Å². The van der Waals surface area contributed by atoms with Crippen LogP contribution in [-0.2, 0) is 13.0 Å². The number of amides is 1. The van der Waals surface area contributed by atoms with Crippen molar-refractivity contribution in [2.45, 2.75) is 57.9 Å². The lowest BCUT2D eigenvalue weighted by Crippen LogP contribution is -2.13. The Bertz CT molecular complexity index is 1300. The molecule has 1 fully saturated rings. The van der Waals surface area contributed by atoms with E-state index in [9.17, 15) is 4.79 Å². The van der Waals surface area contributed by atoms with Crippen LogP contribution in [0.5, 0.6) is 0 Å². The van der Waals surface area contributed by atoms with Crippen LogP contribution in [0.4, 0.5) is 5.69 Å². The molecule has 1 N–H and O–H groups in total. The predicted octanol–water partition coefficient (Wildman–Crippen LogP) is 4.74. The summed E-state index contributed by atoms with van der Waals surface area (Å²) in [7, 11) is 0. The molecule has 30 heavy (non-hydrogen) atoms. The van der Waals surface area contributed by atoms with Gasteiger partial charge in [0.15, 0.2) is 17.1 Å². The van der Waals surface area contributed by atoms with E-state index in [0.29, 0.717) is 22.7 Å². The van der Waals surface area contributed by atoms with E-state index in [1.54, 1.807) is 0 Å². The molecule has 1 aliphatic carbocycles. The number of carbonyl (C=O) groups is 1. The first kappa shape index (κ1) is 17.6. The molecule has 4 heterocycles. The van der Waals surface area contributed by atoms with E-state index in [2.05, 4.69) is 14.9 Å². The molecule has 7 heteroatoms. The average molecular weight is 401 g/mol. The van der Waals surface area contributed by atoms with Gasteiger partial charge in [-0.1, -0.05) is 6.42 Å². The van der Waals surface area contributed by atoms with Crippen LogP contribution in [0.25, 0.3) is 22.3 Å². The Hall–Kier alpha value is -3.22. The number of anilines is 1. The minimum absolute atomic E-state index is 0.177. The quantitative estimate of drug-likeness (QED) is 0.536. The summed E-state index contributed by atoms with van der Waals surface area (Å²) in [6.45, 7) is 2.84. The lowest BCUT2D eigenvalue weighted by Gasteiger charge is -2.08. The second-order valence-corrected chi connectivity index (χ2v) is 8.44. The maximum atomic E-state index is 13.2. The summed E-state index contributed by atoms with van der Waals surface area (Å²) in [6, 6.07) is 7.42. The molecule has 0 spiro atoms. The second-order valence-electron chi connectivity index (χ2n) is 8.44. The smallest absolute Gasteiger partial charge is 0.258 e. The van der Waals surface area contributed by atoms with E-state index in [4.69, 9.17) is 14.4 Å². The number of benzene rings is 1. The summed E-state index contributed by atoms with van der Waals surface area (Å²) >= 11 is 0. The zero-order valence-corrected chi connectivity index (χ0v) is 16.9. The number of nitrogens with one attached hydrogen (secondary N) is 1. The molecule has 0 saturated heterocycles. The van der Waals surface area contributed by atoms with Crippen LogP contribution in [0.15, 0.2) is 28.7 Å². The van der Waals surface area contributed by atoms with Crippen molar-refractivity contribution in [1.82, 2.24) is 19.5 Å². The number of imidazole rings is 1. The van der Waals surface area contributed by atoms with Crippen molar-refractivity contribution in [3.63, 3.8) is 0 Å². The monoisotopic (exact) mass is 401 g/mol. The highest BCUT2D eigenvalue weighted by Crippen LogP contribution is 2.40. The van der Waals surface area contributed by atoms with Crippen molar-refractivity contribution < 1.29 is 9.21 Å². The van der Waals surface area contributed by atoms with E-state index in [-0.39, 0.29) is 5.91 Å². The zero-order chi connectivity index (χ0) is 20.2. The predicted molar refractivity (Wildman–Crippen MR) is 114 cm³/mol. The number of hydrogen-bond acceptors (Lipinski definition) is 5. The van der Waals surface area contributed by atoms with E-state index in [0.717, 1.165) is 72.8 Å². The highest BCUT2D eigenvalue weighted by atomic mass is 16.3. The van der Waals surface area contributed by atoms with Crippen molar-refractivity contribution in [2.24, 2.45) is 0 Å². The molecule has 4 aromatic rings. The van der Waals surface area contributed by atoms with Gasteiger partial charge in [0, 0.05) is 30.3 Å². The molecule has 1 amide bonds. The van der Waals surface area contributed by atoms with Crippen LogP contribution >= 0.6 is 0 Å². The lowest BCUT2D eigenvalue weighted by molar-refractivity contribution is 0.102. The molecule has 0 atom stereocenters. The van der Waals surface area contributed by atoms with Crippen LogP contribution in [-0.4, -0.2) is 25.4 Å². The highest BCUT2D eigenvalue weighted by molar-refractivity contribution is 6.11. The molecule has 0 unspecified atom stereocenters. The third-order valence-electron chi connectivity index (χ3n) is 6.03. The Morgan fingerprint density at radius 1 is 1.13 bits per heavy atom. The number of aryl methyl sites for hydroxylation is 3. The number of carbonyl (C=O) groups excluding carboxylic acids is 1. The Kier molecular flexibility index (Phi) is 3.91. The van der Waals surface area contributed by atoms with E-state index >= 15 is 0 Å². The van der Waals surface area contributed by atoms with Crippen LogP contribution in [0, 0.1) is 6.92 Å². The Morgan fingerprint density at radius 2 is 2.03 bits per heavy atom. The standard InChI is InChI=1S/C23H23N5O2/c1-13-11-16(20-21(24-13)28-10-4-2-3-5-19(28)27-20)22(29)25-15-8-9-18-17(12-15)26-23(30-18)14-6-7-14/h8-9,11-12,14H,2-7,10H2,1H3,(H,25,29). The molecule has 0 bridgehead atoms. The van der Waals surface area contributed by atoms with Crippen LogP contribution in [0.2, 0.25) is 0 Å². The average Bonchev–Trinajstić information content (AvgIpc) is 3.47. The summed E-state index contributed by atoms with van der Waals surface area (Å²) in [5.74, 6) is 2.12. The van der Waals surface area contributed by atoms with Gasteiger partial charge in [-0.3, -0.25) is 4.79 Å². The Labute approximate surface area is 173 Å². The number of pyridine rings is 1. The first-order valence-corrected chi connectivity index (χ1v) is 10.7. The number of nitrogens with zero attached hydrogens (tertiary/aromatic N) is 4. The first-order valence-electron chi connectivity index (χ1n) is 10.7. The fourth-order valence-electron chi connectivity index (χ4n) is 4.32. The summed E-state index contributed by atoms with van der Waals surface area (Å²) < 4.78 is 8.01. The van der Waals surface area contributed by atoms with Crippen molar-refractivity contribution >= 4 is 33.9 Å². The number of rotatable bonds is 3. The van der Waals surface area contributed by atoms with Gasteiger partial charge < -0.3 is 14.3 Å². The molecule has 152 valence electrons. The molecule has 1 aliphatic heterocycles. The molecule has 0 radical (unpaired) electrons. The van der Waals surface area contributed by atoms with Gasteiger partial charge in [-0.15, -0.1) is 0 Å². The van der Waals surface area contributed by atoms with Crippen molar-refractivity contribution in [3.8, 4) is 0 Å². The van der Waals surface area contributed by atoms with Crippen molar-refractivity contribution in [2.75, 3.05) is 5.32 Å². The van der Waals surface area contributed by atoms with Gasteiger partial charge in [-0.05, 0) is 56.9 Å². The Balaban J connectivity index is 1.36. The van der Waals surface area contributed by atoms with E-state index in [1.807, 2.05) is 31.2 Å². The minimum atomic E-state index is -0.177. The second kappa shape index (κ2) is 6.65. The maximum absolute atomic E-state index is 13.2. The molecule has 1 saturated carbocycles. The number of hydrogen-bond donors (Lipinski definition) is 1. The lowest BCUT2D eigenvalue weighted by atomic mass is 10.1. The third-order valence-corrected chi connectivity index (χ3v) is 6.03. The van der Waals surface area contributed by atoms with Gasteiger partial charge in [0.2, 0.25) is 0 Å². The number of aromatic nitrogens is 4. The van der Waals surface area contributed by atoms with Gasteiger partial charge >= 0.3 is 0 Å². The molecule has 7 nitrogen and oxygen atoms in total. The summed E-state index contributed by atoms with van der Waals surface area (Å²) in [5.41, 5.74) is 5.13. The van der Waals surface area contributed by atoms with Gasteiger partial charge in [-0.2, -0.15) is 0 Å². The van der Waals surface area contributed by atoms with Gasteiger partial charge in [-0.25, -0.2) is 15.0 Å². The minimum Gasteiger partial charge on any atom is -0.440 e. The molecule has 6 rings (SSSR count).